The maximum Gasteiger partial charge on any atom is 0.0540 e. The fraction of sp³-hybridized carbons (Fsp3) is 0. The van der Waals surface area contributed by atoms with E-state index in [0.29, 0.717) is 0 Å². The molecular weight excluding hydrogens is 695 g/mol. The Morgan fingerprint density at radius 2 is 0.804 bits per heavy atom. The molecule has 11 aromatic rings. The molecule has 0 atom stereocenters. The first-order chi connectivity index (χ1) is 27.8. The third kappa shape index (κ3) is 5.38. The fourth-order valence-corrected chi connectivity index (χ4v) is 9.86. The van der Waals surface area contributed by atoms with Crippen LogP contribution in [0.25, 0.3) is 85.9 Å². The van der Waals surface area contributed by atoms with Crippen molar-refractivity contribution in [1.82, 2.24) is 0 Å². The van der Waals surface area contributed by atoms with Crippen LogP contribution in [-0.4, -0.2) is 0 Å². The van der Waals surface area contributed by atoms with Gasteiger partial charge < -0.3 is 4.90 Å². The van der Waals surface area contributed by atoms with E-state index in [1.807, 2.05) is 11.3 Å². The zero-order valence-corrected chi connectivity index (χ0v) is 31.4. The molecule has 0 unspecified atom stereocenters. The molecule has 0 saturated heterocycles. The van der Waals surface area contributed by atoms with Crippen LogP contribution in [0.1, 0.15) is 0 Å². The van der Waals surface area contributed by atoms with E-state index in [1.54, 1.807) is 0 Å². The van der Waals surface area contributed by atoms with Gasteiger partial charge in [-0.05, 0) is 103 Å². The third-order valence-corrected chi connectivity index (χ3v) is 12.5. The van der Waals surface area contributed by atoms with Crippen molar-refractivity contribution in [2.75, 3.05) is 4.90 Å². The molecule has 0 N–H and O–H groups in total. The number of anilines is 3. The Bertz CT molecular complexity index is 3200. The second-order valence-electron chi connectivity index (χ2n) is 14.4. The summed E-state index contributed by atoms with van der Waals surface area (Å²) in [5.41, 5.74) is 10.6. The first-order valence-electron chi connectivity index (χ1n) is 19.2. The summed E-state index contributed by atoms with van der Waals surface area (Å²) in [6.45, 7) is 0. The zero-order valence-electron chi connectivity index (χ0n) is 30.6. The molecule has 0 spiro atoms. The molecule has 10 aromatic carbocycles. The Labute approximate surface area is 330 Å². The molecule has 56 heavy (non-hydrogen) atoms. The van der Waals surface area contributed by atoms with Gasteiger partial charge in [-0.2, -0.15) is 0 Å². The highest BCUT2D eigenvalue weighted by Crippen LogP contribution is 2.47. The second kappa shape index (κ2) is 13.4. The number of fused-ring (bicyclic) bond motifs is 9. The van der Waals surface area contributed by atoms with Crippen LogP contribution in [0.2, 0.25) is 0 Å². The summed E-state index contributed by atoms with van der Waals surface area (Å²) >= 11 is 1.88. The van der Waals surface area contributed by atoms with E-state index in [9.17, 15) is 0 Å². The van der Waals surface area contributed by atoms with E-state index in [1.165, 1.54) is 85.9 Å². The standard InChI is InChI=1S/C54H35NS/c1-3-14-36(15-4-1)37-26-29-40(30-27-37)55(41-31-32-47-45-20-8-7-18-43(45)44-19-9-10-21-46(44)51(47)35-41)52-33-28-39(34-50(52)38-16-5-2-6-17-38)42-23-13-24-49-48-22-11-12-25-53(48)56-54(42)49/h1-35H. The van der Waals surface area contributed by atoms with E-state index >= 15 is 0 Å². The zero-order chi connectivity index (χ0) is 37.0. The highest BCUT2D eigenvalue weighted by molar-refractivity contribution is 7.26. The first-order valence-corrected chi connectivity index (χ1v) is 20.0. The molecule has 0 aliphatic rings. The molecule has 0 aliphatic carbocycles. The number of nitrogens with zero attached hydrogens (tertiary/aromatic N) is 1. The monoisotopic (exact) mass is 729 g/mol. The van der Waals surface area contributed by atoms with Gasteiger partial charge in [0.05, 0.1) is 5.69 Å². The van der Waals surface area contributed by atoms with Gasteiger partial charge in [0.2, 0.25) is 0 Å². The minimum atomic E-state index is 1.10. The summed E-state index contributed by atoms with van der Waals surface area (Å²) < 4.78 is 2.64. The minimum Gasteiger partial charge on any atom is -0.310 e. The summed E-state index contributed by atoms with van der Waals surface area (Å²) in [5.74, 6) is 0. The Morgan fingerprint density at radius 1 is 0.286 bits per heavy atom. The lowest BCUT2D eigenvalue weighted by atomic mass is 9.93. The van der Waals surface area contributed by atoms with E-state index in [0.717, 1.165) is 17.1 Å². The molecule has 0 fully saturated rings. The van der Waals surface area contributed by atoms with Crippen molar-refractivity contribution in [2.24, 2.45) is 0 Å². The molecule has 1 nitrogen and oxygen atoms in total. The van der Waals surface area contributed by atoms with Gasteiger partial charge in [0.15, 0.2) is 0 Å². The SMILES string of the molecule is c1ccc(-c2ccc(N(c3ccc4c5ccccc5c5ccccc5c4c3)c3ccc(-c4cccc5c4sc4ccccc45)cc3-c3ccccc3)cc2)cc1. The normalized spacial score (nSPS) is 11.6. The highest BCUT2D eigenvalue weighted by Gasteiger charge is 2.21. The first kappa shape index (κ1) is 32.4. The van der Waals surface area contributed by atoms with Gasteiger partial charge in [0, 0.05) is 37.1 Å². The number of hydrogen-bond donors (Lipinski definition) is 0. The maximum absolute atomic E-state index is 2.45. The third-order valence-electron chi connectivity index (χ3n) is 11.3. The second-order valence-corrected chi connectivity index (χ2v) is 15.5. The predicted molar refractivity (Wildman–Crippen MR) is 243 cm³/mol. The van der Waals surface area contributed by atoms with Crippen molar-refractivity contribution in [1.29, 1.82) is 0 Å². The quantitative estimate of drug-likeness (QED) is 0.154. The van der Waals surface area contributed by atoms with Gasteiger partial charge in [0.1, 0.15) is 0 Å². The Hall–Kier alpha value is -7.00. The molecule has 0 bridgehead atoms. The predicted octanol–water partition coefficient (Wildman–Crippen LogP) is 16.0. The molecular formula is C54H35NS. The van der Waals surface area contributed by atoms with Crippen LogP contribution in [0.3, 0.4) is 0 Å². The molecule has 0 saturated carbocycles. The number of rotatable bonds is 6. The van der Waals surface area contributed by atoms with Crippen LogP contribution >= 0.6 is 11.3 Å². The van der Waals surface area contributed by atoms with Gasteiger partial charge in [-0.1, -0.05) is 170 Å². The molecule has 262 valence electrons. The van der Waals surface area contributed by atoms with E-state index in [2.05, 4.69) is 217 Å². The van der Waals surface area contributed by atoms with Crippen molar-refractivity contribution >= 4 is 80.9 Å². The topological polar surface area (TPSA) is 3.24 Å². The molecule has 1 aromatic heterocycles. The highest BCUT2D eigenvalue weighted by atomic mass is 32.1. The van der Waals surface area contributed by atoms with Crippen LogP contribution < -0.4 is 4.90 Å². The Morgan fingerprint density at radius 3 is 1.50 bits per heavy atom. The van der Waals surface area contributed by atoms with Crippen LogP contribution in [0.5, 0.6) is 0 Å². The molecule has 1 heterocycles. The smallest absolute Gasteiger partial charge is 0.0540 e. The Kier molecular flexibility index (Phi) is 7.75. The minimum absolute atomic E-state index is 1.10. The van der Waals surface area contributed by atoms with Crippen molar-refractivity contribution in [2.45, 2.75) is 0 Å². The van der Waals surface area contributed by atoms with Gasteiger partial charge in [-0.25, -0.2) is 0 Å². The Balaban J connectivity index is 1.16. The lowest BCUT2D eigenvalue weighted by molar-refractivity contribution is 1.29. The van der Waals surface area contributed by atoms with Crippen LogP contribution in [0.4, 0.5) is 17.1 Å². The van der Waals surface area contributed by atoms with Crippen LogP contribution in [0, 0.1) is 0 Å². The van der Waals surface area contributed by atoms with Gasteiger partial charge in [0.25, 0.3) is 0 Å². The van der Waals surface area contributed by atoms with E-state index < -0.39 is 0 Å². The van der Waals surface area contributed by atoms with E-state index in [-0.39, 0.29) is 0 Å². The average molecular weight is 730 g/mol. The van der Waals surface area contributed by atoms with Crippen molar-refractivity contribution < 1.29 is 0 Å². The van der Waals surface area contributed by atoms with E-state index in [4.69, 9.17) is 0 Å². The summed E-state index contributed by atoms with van der Waals surface area (Å²) in [6.07, 6.45) is 0. The largest absolute Gasteiger partial charge is 0.310 e. The number of benzene rings is 10. The fourth-order valence-electron chi connectivity index (χ4n) is 8.62. The van der Waals surface area contributed by atoms with Crippen molar-refractivity contribution in [3.63, 3.8) is 0 Å². The summed E-state index contributed by atoms with van der Waals surface area (Å²) in [4.78, 5) is 2.45. The van der Waals surface area contributed by atoms with Crippen LogP contribution in [-0.2, 0) is 0 Å². The molecule has 0 aliphatic heterocycles. The summed E-state index contributed by atoms with van der Waals surface area (Å²) in [5, 5.41) is 10.2. The van der Waals surface area contributed by atoms with Crippen LogP contribution in [0.15, 0.2) is 212 Å². The molecule has 0 radical (unpaired) electrons. The lowest BCUT2D eigenvalue weighted by Gasteiger charge is -2.29. The lowest BCUT2D eigenvalue weighted by Crippen LogP contribution is -2.11. The molecule has 2 heteroatoms. The number of hydrogen-bond acceptors (Lipinski definition) is 2. The van der Waals surface area contributed by atoms with Gasteiger partial charge in [-0.3, -0.25) is 0 Å². The number of thiophene rings is 1. The van der Waals surface area contributed by atoms with Crippen molar-refractivity contribution in [3.05, 3.63) is 212 Å². The van der Waals surface area contributed by atoms with Crippen molar-refractivity contribution in [3.8, 4) is 33.4 Å². The summed E-state index contributed by atoms with van der Waals surface area (Å²) in [6, 6.07) is 77.7. The van der Waals surface area contributed by atoms with Gasteiger partial charge >= 0.3 is 0 Å². The maximum atomic E-state index is 2.45. The average Bonchev–Trinajstić information content (AvgIpc) is 3.67. The van der Waals surface area contributed by atoms with Gasteiger partial charge in [-0.15, -0.1) is 11.3 Å². The summed E-state index contributed by atoms with van der Waals surface area (Å²) in [7, 11) is 0. The molecule has 11 rings (SSSR count). The molecule has 0 amide bonds.